The van der Waals surface area contributed by atoms with E-state index in [-0.39, 0.29) is 4.90 Å². The molecule has 2 aromatic rings. The summed E-state index contributed by atoms with van der Waals surface area (Å²) in [6, 6.07) is 9.45. The molecule has 140 valence electrons. The maximum atomic E-state index is 12.8. The van der Waals surface area contributed by atoms with Crippen LogP contribution in [0.2, 0.25) is 0 Å². The number of rotatable bonds is 6. The van der Waals surface area contributed by atoms with E-state index >= 15 is 0 Å². The number of ether oxygens (including phenoxy) is 2. The van der Waals surface area contributed by atoms with Gasteiger partial charge in [-0.15, -0.1) is 0 Å². The minimum atomic E-state index is -3.78. The van der Waals surface area contributed by atoms with E-state index in [2.05, 4.69) is 9.46 Å². The maximum absolute atomic E-state index is 12.8. The second-order valence-corrected chi connectivity index (χ2v) is 7.74. The molecule has 0 saturated heterocycles. The average molecular weight is 377 g/mol. The SMILES string of the molecule is COC(=O)c1ccc(S(=O)(=O)NC(C)c2cc(C)ccc2OC)c(C)c1. The highest BCUT2D eigenvalue weighted by molar-refractivity contribution is 7.89. The molecular formula is C19H23NO5S. The van der Waals surface area contributed by atoms with E-state index in [4.69, 9.17) is 4.74 Å². The lowest BCUT2D eigenvalue weighted by Crippen LogP contribution is -2.28. The van der Waals surface area contributed by atoms with Gasteiger partial charge in [-0.3, -0.25) is 0 Å². The van der Waals surface area contributed by atoms with Crippen molar-refractivity contribution >= 4 is 16.0 Å². The summed E-state index contributed by atoms with van der Waals surface area (Å²) >= 11 is 0. The van der Waals surface area contributed by atoms with E-state index < -0.39 is 22.0 Å². The molecule has 0 heterocycles. The van der Waals surface area contributed by atoms with Crippen molar-refractivity contribution in [2.24, 2.45) is 0 Å². The predicted molar refractivity (Wildman–Crippen MR) is 99.0 cm³/mol. The summed E-state index contributed by atoms with van der Waals surface area (Å²) in [5.74, 6) is 0.103. The molecular weight excluding hydrogens is 354 g/mol. The molecule has 1 N–H and O–H groups in total. The first-order chi connectivity index (χ1) is 12.2. The lowest BCUT2D eigenvalue weighted by molar-refractivity contribution is 0.0600. The number of sulfonamides is 1. The molecule has 0 saturated carbocycles. The number of carbonyl (C=O) groups is 1. The van der Waals surface area contributed by atoms with Crippen molar-refractivity contribution in [3.8, 4) is 5.75 Å². The van der Waals surface area contributed by atoms with Crippen LogP contribution in [0.3, 0.4) is 0 Å². The number of methoxy groups -OCH3 is 2. The van der Waals surface area contributed by atoms with Crippen molar-refractivity contribution in [2.45, 2.75) is 31.7 Å². The van der Waals surface area contributed by atoms with E-state index in [0.29, 0.717) is 16.9 Å². The van der Waals surface area contributed by atoms with Crippen LogP contribution in [0.4, 0.5) is 0 Å². The van der Waals surface area contributed by atoms with Crippen LogP contribution in [0.1, 0.15) is 40.0 Å². The zero-order chi connectivity index (χ0) is 19.5. The summed E-state index contributed by atoms with van der Waals surface area (Å²) in [4.78, 5) is 11.7. The van der Waals surface area contributed by atoms with Crippen LogP contribution in [0.5, 0.6) is 5.75 Å². The van der Waals surface area contributed by atoms with Crippen molar-refractivity contribution in [1.82, 2.24) is 4.72 Å². The fourth-order valence-electron chi connectivity index (χ4n) is 2.75. The van der Waals surface area contributed by atoms with Gasteiger partial charge in [-0.05, 0) is 50.6 Å². The minimum absolute atomic E-state index is 0.114. The molecule has 0 aromatic heterocycles. The molecule has 0 aliphatic rings. The third-order valence-electron chi connectivity index (χ3n) is 4.07. The van der Waals surface area contributed by atoms with E-state index in [0.717, 1.165) is 11.1 Å². The van der Waals surface area contributed by atoms with Crippen LogP contribution in [0, 0.1) is 13.8 Å². The molecule has 6 nitrogen and oxygen atoms in total. The Balaban J connectivity index is 2.34. The lowest BCUT2D eigenvalue weighted by Gasteiger charge is -2.19. The van der Waals surface area contributed by atoms with E-state index in [9.17, 15) is 13.2 Å². The molecule has 0 aliphatic heterocycles. The summed E-state index contributed by atoms with van der Waals surface area (Å²) < 4.78 is 38.3. The summed E-state index contributed by atoms with van der Waals surface area (Å²) in [5.41, 5.74) is 2.52. The largest absolute Gasteiger partial charge is 0.496 e. The first kappa shape index (κ1) is 19.9. The number of hydrogen-bond donors (Lipinski definition) is 1. The molecule has 0 aliphatic carbocycles. The topological polar surface area (TPSA) is 81.7 Å². The maximum Gasteiger partial charge on any atom is 0.337 e. The number of aryl methyl sites for hydroxylation is 2. The Hall–Kier alpha value is -2.38. The second kappa shape index (κ2) is 7.88. The summed E-state index contributed by atoms with van der Waals surface area (Å²) in [7, 11) is -0.958. The van der Waals surface area contributed by atoms with Crippen molar-refractivity contribution in [3.05, 3.63) is 58.7 Å². The number of benzene rings is 2. The average Bonchev–Trinajstić information content (AvgIpc) is 2.60. The van der Waals surface area contributed by atoms with Crippen LogP contribution in [-0.2, 0) is 14.8 Å². The normalized spacial score (nSPS) is 12.5. The fraction of sp³-hybridized carbons (Fsp3) is 0.316. The van der Waals surface area contributed by atoms with Gasteiger partial charge in [0.25, 0.3) is 0 Å². The first-order valence-corrected chi connectivity index (χ1v) is 9.53. The van der Waals surface area contributed by atoms with Crippen molar-refractivity contribution in [3.63, 3.8) is 0 Å². The molecule has 1 atom stereocenters. The Kier molecular flexibility index (Phi) is 6.05. The highest BCUT2D eigenvalue weighted by Gasteiger charge is 2.23. The van der Waals surface area contributed by atoms with Gasteiger partial charge < -0.3 is 9.47 Å². The first-order valence-electron chi connectivity index (χ1n) is 8.05. The van der Waals surface area contributed by atoms with Gasteiger partial charge in [-0.1, -0.05) is 17.7 Å². The molecule has 1 unspecified atom stereocenters. The monoisotopic (exact) mass is 377 g/mol. The minimum Gasteiger partial charge on any atom is -0.496 e. The van der Waals surface area contributed by atoms with E-state index in [1.165, 1.54) is 25.3 Å². The Labute approximate surface area is 154 Å². The second-order valence-electron chi connectivity index (χ2n) is 6.06. The molecule has 2 aromatic carbocycles. The Morgan fingerprint density at radius 1 is 1.08 bits per heavy atom. The zero-order valence-corrected chi connectivity index (χ0v) is 16.3. The van der Waals surface area contributed by atoms with Gasteiger partial charge in [0.2, 0.25) is 10.0 Å². The smallest absolute Gasteiger partial charge is 0.337 e. The quantitative estimate of drug-likeness (QED) is 0.782. The molecule has 2 rings (SSSR count). The third kappa shape index (κ3) is 4.23. The summed E-state index contributed by atoms with van der Waals surface area (Å²) in [6.07, 6.45) is 0. The fourth-order valence-corrected chi connectivity index (χ4v) is 4.20. The van der Waals surface area contributed by atoms with Crippen LogP contribution in [-0.4, -0.2) is 28.6 Å². The highest BCUT2D eigenvalue weighted by atomic mass is 32.2. The molecule has 0 amide bonds. The van der Waals surface area contributed by atoms with Crippen LogP contribution in [0.25, 0.3) is 0 Å². The van der Waals surface area contributed by atoms with Gasteiger partial charge in [-0.25, -0.2) is 17.9 Å². The van der Waals surface area contributed by atoms with Crippen molar-refractivity contribution < 1.29 is 22.7 Å². The molecule has 0 radical (unpaired) electrons. The number of carbonyl (C=O) groups excluding carboxylic acids is 1. The van der Waals surface area contributed by atoms with Gasteiger partial charge in [-0.2, -0.15) is 0 Å². The van der Waals surface area contributed by atoms with Gasteiger partial charge in [0, 0.05) is 11.6 Å². The molecule has 26 heavy (non-hydrogen) atoms. The van der Waals surface area contributed by atoms with Crippen molar-refractivity contribution in [2.75, 3.05) is 14.2 Å². The summed E-state index contributed by atoms with van der Waals surface area (Å²) in [5, 5.41) is 0. The third-order valence-corrected chi connectivity index (χ3v) is 5.77. The standard InChI is InChI=1S/C19H23NO5S/c1-12-6-8-17(24-4)16(10-12)14(3)20-26(22,23)18-9-7-15(11-13(18)2)19(21)25-5/h6-11,14,20H,1-5H3. The van der Waals surface area contributed by atoms with Gasteiger partial charge in [0.15, 0.2) is 0 Å². The molecule has 0 fully saturated rings. The van der Waals surface area contributed by atoms with Crippen LogP contribution in [0.15, 0.2) is 41.3 Å². The summed E-state index contributed by atoms with van der Waals surface area (Å²) in [6.45, 7) is 5.33. The Morgan fingerprint density at radius 3 is 2.35 bits per heavy atom. The number of nitrogens with one attached hydrogen (secondary N) is 1. The van der Waals surface area contributed by atoms with Gasteiger partial charge in [0.05, 0.1) is 24.7 Å². The predicted octanol–water partition coefficient (Wildman–Crippen LogP) is 3.14. The van der Waals surface area contributed by atoms with Crippen LogP contribution >= 0.6 is 0 Å². The molecule has 7 heteroatoms. The van der Waals surface area contributed by atoms with E-state index in [1.54, 1.807) is 21.0 Å². The van der Waals surface area contributed by atoms with Gasteiger partial charge in [0.1, 0.15) is 5.75 Å². The lowest BCUT2D eigenvalue weighted by atomic mass is 10.1. The Morgan fingerprint density at radius 2 is 1.77 bits per heavy atom. The number of esters is 1. The Bertz CT molecular complexity index is 922. The van der Waals surface area contributed by atoms with Gasteiger partial charge >= 0.3 is 5.97 Å². The molecule has 0 spiro atoms. The van der Waals surface area contributed by atoms with Crippen LogP contribution < -0.4 is 9.46 Å². The highest BCUT2D eigenvalue weighted by Crippen LogP contribution is 2.28. The number of hydrogen-bond acceptors (Lipinski definition) is 5. The zero-order valence-electron chi connectivity index (χ0n) is 15.5. The van der Waals surface area contributed by atoms with E-state index in [1.807, 2.05) is 25.1 Å². The molecule has 0 bridgehead atoms. The van der Waals surface area contributed by atoms with Crippen molar-refractivity contribution in [1.29, 1.82) is 0 Å².